The molecular weight excluding hydrogens is 530 g/mol. The maximum Gasteiger partial charge on any atom is 0.143 e. The number of hydrogen-bond donors (Lipinski definition) is 0. The van der Waals surface area contributed by atoms with Crippen molar-refractivity contribution in [2.75, 3.05) is 4.90 Å². The fourth-order valence-electron chi connectivity index (χ4n) is 5.93. The van der Waals surface area contributed by atoms with Crippen LogP contribution in [0.4, 0.5) is 17.1 Å². The largest absolute Gasteiger partial charge is 0.456 e. The van der Waals surface area contributed by atoms with Crippen molar-refractivity contribution in [1.29, 1.82) is 10.5 Å². The molecule has 0 aliphatic rings. The van der Waals surface area contributed by atoms with Crippen LogP contribution in [-0.2, 0) is 0 Å². The predicted octanol–water partition coefficient (Wildman–Crippen LogP) is 10.4. The van der Waals surface area contributed by atoms with E-state index in [0.29, 0.717) is 11.1 Å². The number of hydrogen-bond acceptors (Lipinski definition) is 5. The molecule has 0 saturated carbocycles. The minimum atomic E-state index is 0.327. The average molecular weight is 552 g/mol. The molecule has 0 radical (unpaired) electrons. The standard InChI is InChI=1S/C38H21N3O2/c39-22-25-14-17-28(20-26(25)23-40)41(29-18-19-37-34(21-29)32-7-2-3-10-35(32)42-37)27-15-12-24(13-16-27)30-8-5-9-33-31-6-1-4-11-36(31)43-38(30)33/h1-21H. The molecule has 6 aromatic carbocycles. The molecule has 5 heteroatoms. The van der Waals surface area contributed by atoms with Crippen molar-refractivity contribution in [3.05, 3.63) is 139 Å². The lowest BCUT2D eigenvalue weighted by Crippen LogP contribution is -2.10. The van der Waals surface area contributed by atoms with Gasteiger partial charge in [0.05, 0.1) is 11.1 Å². The lowest BCUT2D eigenvalue weighted by molar-refractivity contribution is 0.669. The molecule has 0 spiro atoms. The van der Waals surface area contributed by atoms with Gasteiger partial charge in [-0.1, -0.05) is 66.7 Å². The summed E-state index contributed by atoms with van der Waals surface area (Å²) in [6.45, 7) is 0. The summed E-state index contributed by atoms with van der Waals surface area (Å²) >= 11 is 0. The van der Waals surface area contributed by atoms with Crippen LogP contribution in [0.25, 0.3) is 55.0 Å². The molecule has 0 saturated heterocycles. The van der Waals surface area contributed by atoms with Crippen LogP contribution in [0.3, 0.4) is 0 Å². The van der Waals surface area contributed by atoms with E-state index in [1.807, 2.05) is 54.6 Å². The van der Waals surface area contributed by atoms with Crippen molar-refractivity contribution < 1.29 is 8.83 Å². The first-order valence-corrected chi connectivity index (χ1v) is 13.9. The smallest absolute Gasteiger partial charge is 0.143 e. The van der Waals surface area contributed by atoms with E-state index in [2.05, 4.69) is 77.7 Å². The number of benzene rings is 6. The third-order valence-electron chi connectivity index (χ3n) is 7.96. The maximum absolute atomic E-state index is 9.79. The van der Waals surface area contributed by atoms with Crippen LogP contribution in [0, 0.1) is 22.7 Å². The van der Waals surface area contributed by atoms with Gasteiger partial charge in [-0.2, -0.15) is 10.5 Å². The highest BCUT2D eigenvalue weighted by Crippen LogP contribution is 2.41. The molecule has 0 bridgehead atoms. The van der Waals surface area contributed by atoms with E-state index in [0.717, 1.165) is 72.1 Å². The summed E-state index contributed by atoms with van der Waals surface area (Å²) in [5.41, 5.74) is 8.65. The van der Waals surface area contributed by atoms with E-state index in [1.54, 1.807) is 12.1 Å². The quantitative estimate of drug-likeness (QED) is 0.217. The Bertz CT molecular complexity index is 2440. The monoisotopic (exact) mass is 551 g/mol. The van der Waals surface area contributed by atoms with Gasteiger partial charge in [0, 0.05) is 44.2 Å². The summed E-state index contributed by atoms with van der Waals surface area (Å²) in [7, 11) is 0. The number of rotatable bonds is 4. The van der Waals surface area contributed by atoms with Crippen LogP contribution < -0.4 is 4.90 Å². The van der Waals surface area contributed by atoms with Gasteiger partial charge in [-0.25, -0.2) is 0 Å². The number of anilines is 3. The van der Waals surface area contributed by atoms with E-state index >= 15 is 0 Å². The Morgan fingerprint density at radius 3 is 1.84 bits per heavy atom. The van der Waals surface area contributed by atoms with Gasteiger partial charge in [0.15, 0.2) is 0 Å². The Morgan fingerprint density at radius 1 is 0.465 bits per heavy atom. The van der Waals surface area contributed by atoms with Crippen LogP contribution in [0.2, 0.25) is 0 Å². The van der Waals surface area contributed by atoms with E-state index in [4.69, 9.17) is 8.83 Å². The molecule has 2 heterocycles. The Kier molecular flexibility index (Phi) is 5.50. The number of fused-ring (bicyclic) bond motifs is 6. The average Bonchev–Trinajstić information content (AvgIpc) is 3.63. The Morgan fingerprint density at radius 2 is 1.07 bits per heavy atom. The highest BCUT2D eigenvalue weighted by Gasteiger charge is 2.18. The van der Waals surface area contributed by atoms with Gasteiger partial charge in [-0.15, -0.1) is 0 Å². The first-order valence-electron chi connectivity index (χ1n) is 13.9. The van der Waals surface area contributed by atoms with Crippen molar-refractivity contribution >= 4 is 60.9 Å². The third-order valence-corrected chi connectivity index (χ3v) is 7.96. The number of para-hydroxylation sites is 3. The van der Waals surface area contributed by atoms with Gasteiger partial charge in [0.1, 0.15) is 34.5 Å². The molecule has 2 aromatic heterocycles. The van der Waals surface area contributed by atoms with E-state index in [9.17, 15) is 10.5 Å². The minimum absolute atomic E-state index is 0.327. The number of nitrogens with zero attached hydrogens (tertiary/aromatic N) is 3. The SMILES string of the molecule is N#Cc1ccc(N(c2ccc(-c3cccc4c3oc3ccccc34)cc2)c2ccc3oc4ccccc4c3c2)cc1C#N. The molecule has 0 aliphatic heterocycles. The summed E-state index contributed by atoms with van der Waals surface area (Å²) < 4.78 is 12.4. The highest BCUT2D eigenvalue weighted by atomic mass is 16.3. The van der Waals surface area contributed by atoms with Gasteiger partial charge in [0.25, 0.3) is 0 Å². The molecular formula is C38H21N3O2. The van der Waals surface area contributed by atoms with Crippen LogP contribution in [0.5, 0.6) is 0 Å². The minimum Gasteiger partial charge on any atom is -0.456 e. The van der Waals surface area contributed by atoms with Crippen LogP contribution >= 0.6 is 0 Å². The molecule has 0 amide bonds. The zero-order chi connectivity index (χ0) is 28.9. The van der Waals surface area contributed by atoms with Crippen LogP contribution in [0.15, 0.2) is 136 Å². The molecule has 200 valence electrons. The fraction of sp³-hybridized carbons (Fsp3) is 0. The second-order valence-corrected chi connectivity index (χ2v) is 10.4. The normalized spacial score (nSPS) is 11.2. The third kappa shape index (κ3) is 3.92. The molecule has 8 rings (SSSR count). The van der Waals surface area contributed by atoms with Gasteiger partial charge in [-0.3, -0.25) is 0 Å². The summed E-state index contributed by atoms with van der Waals surface area (Å²) in [4.78, 5) is 2.09. The Balaban J connectivity index is 1.29. The Labute approximate surface area is 246 Å². The second kappa shape index (κ2) is 9.66. The molecule has 0 unspecified atom stereocenters. The number of furan rings is 2. The summed E-state index contributed by atoms with van der Waals surface area (Å²) in [6.07, 6.45) is 0. The molecule has 0 aliphatic carbocycles. The van der Waals surface area contributed by atoms with Crippen LogP contribution in [-0.4, -0.2) is 0 Å². The van der Waals surface area contributed by atoms with Gasteiger partial charge in [-0.05, 0) is 66.2 Å². The van der Waals surface area contributed by atoms with E-state index in [-0.39, 0.29) is 0 Å². The highest BCUT2D eigenvalue weighted by molar-refractivity contribution is 6.10. The summed E-state index contributed by atoms with van der Waals surface area (Å²) in [5.74, 6) is 0. The fourth-order valence-corrected chi connectivity index (χ4v) is 5.93. The predicted molar refractivity (Wildman–Crippen MR) is 171 cm³/mol. The topological polar surface area (TPSA) is 77.1 Å². The maximum atomic E-state index is 9.79. The lowest BCUT2D eigenvalue weighted by atomic mass is 10.0. The lowest BCUT2D eigenvalue weighted by Gasteiger charge is -2.26. The van der Waals surface area contributed by atoms with Crippen LogP contribution in [0.1, 0.15) is 11.1 Å². The van der Waals surface area contributed by atoms with Gasteiger partial charge in [0.2, 0.25) is 0 Å². The number of nitriles is 2. The van der Waals surface area contributed by atoms with E-state index in [1.165, 1.54) is 0 Å². The molecule has 8 aromatic rings. The van der Waals surface area contributed by atoms with Gasteiger partial charge >= 0.3 is 0 Å². The molecule has 0 N–H and O–H groups in total. The molecule has 0 fully saturated rings. The Hall–Kier alpha value is -6.30. The summed E-state index contributed by atoms with van der Waals surface area (Å²) in [6, 6.07) is 46.3. The van der Waals surface area contributed by atoms with Crippen molar-refractivity contribution in [2.24, 2.45) is 0 Å². The van der Waals surface area contributed by atoms with E-state index < -0.39 is 0 Å². The van der Waals surface area contributed by atoms with Gasteiger partial charge < -0.3 is 13.7 Å². The molecule has 0 atom stereocenters. The first-order chi connectivity index (χ1) is 21.2. The van der Waals surface area contributed by atoms with Crippen molar-refractivity contribution in [3.8, 4) is 23.3 Å². The van der Waals surface area contributed by atoms with Crippen molar-refractivity contribution in [2.45, 2.75) is 0 Å². The summed E-state index contributed by atoms with van der Waals surface area (Å²) in [5, 5.41) is 23.5. The van der Waals surface area contributed by atoms with Crippen molar-refractivity contribution in [3.63, 3.8) is 0 Å². The molecule has 43 heavy (non-hydrogen) atoms. The molecule has 5 nitrogen and oxygen atoms in total. The first kappa shape index (κ1) is 24.5. The second-order valence-electron chi connectivity index (χ2n) is 10.4. The van der Waals surface area contributed by atoms with Crippen molar-refractivity contribution in [1.82, 2.24) is 0 Å². The zero-order valence-electron chi connectivity index (χ0n) is 22.8. The zero-order valence-corrected chi connectivity index (χ0v) is 22.8.